The fourth-order valence-electron chi connectivity index (χ4n) is 1.72. The highest BCUT2D eigenvalue weighted by molar-refractivity contribution is 5.93. The topological polar surface area (TPSA) is 80.6 Å². The third kappa shape index (κ3) is 3.84. The molecule has 20 heavy (non-hydrogen) atoms. The molecule has 0 spiro atoms. The molecule has 0 bridgehead atoms. The van der Waals surface area contributed by atoms with Crippen molar-refractivity contribution in [2.45, 2.75) is 26.8 Å². The number of carboxylic acid groups (broad SMARTS) is 1. The van der Waals surface area contributed by atoms with E-state index in [4.69, 9.17) is 4.74 Å². The van der Waals surface area contributed by atoms with Gasteiger partial charge in [0.25, 0.3) is 5.91 Å². The first-order valence-electron chi connectivity index (χ1n) is 6.60. The lowest BCUT2D eigenvalue weighted by atomic mass is 9.88. The van der Waals surface area contributed by atoms with E-state index in [0.717, 1.165) is 0 Å². The summed E-state index contributed by atoms with van der Waals surface area (Å²) in [6.45, 7) is 4.61. The van der Waals surface area contributed by atoms with Gasteiger partial charge in [-0.15, -0.1) is 0 Å². The summed E-state index contributed by atoms with van der Waals surface area (Å²) in [5, 5.41) is 11.9. The van der Waals surface area contributed by atoms with Crippen molar-refractivity contribution >= 4 is 11.9 Å². The number of carbonyl (C=O) groups is 2. The molecule has 1 rings (SSSR count). The number of hydrogen-bond donors (Lipinski definition) is 2. The third-order valence-corrected chi connectivity index (χ3v) is 3.53. The smallest absolute Gasteiger partial charge is 0.311 e. The quantitative estimate of drug-likeness (QED) is 0.754. The van der Waals surface area contributed by atoms with Crippen LogP contribution in [0.1, 0.15) is 30.8 Å². The van der Waals surface area contributed by atoms with Gasteiger partial charge < -0.3 is 19.7 Å². The van der Waals surface area contributed by atoms with Crippen molar-refractivity contribution in [3.63, 3.8) is 0 Å². The molecular weight excluding hydrogens is 260 g/mol. The van der Waals surface area contributed by atoms with Gasteiger partial charge in [0.2, 0.25) is 0 Å². The number of ether oxygens (including phenoxy) is 1. The maximum absolute atomic E-state index is 12.1. The van der Waals surface area contributed by atoms with Gasteiger partial charge in [0.1, 0.15) is 5.69 Å². The highest BCUT2D eigenvalue weighted by atomic mass is 16.5. The summed E-state index contributed by atoms with van der Waals surface area (Å²) in [6, 6.07) is 3.48. The summed E-state index contributed by atoms with van der Waals surface area (Å²) in [5.41, 5.74) is -0.439. The number of carboxylic acids is 1. The molecule has 0 aliphatic rings. The Labute approximate surface area is 118 Å². The van der Waals surface area contributed by atoms with E-state index in [0.29, 0.717) is 25.3 Å². The van der Waals surface area contributed by atoms with E-state index >= 15 is 0 Å². The Balaban J connectivity index is 2.68. The van der Waals surface area contributed by atoms with E-state index in [1.54, 1.807) is 43.9 Å². The van der Waals surface area contributed by atoms with Gasteiger partial charge >= 0.3 is 5.97 Å². The van der Waals surface area contributed by atoms with Crippen LogP contribution in [0.4, 0.5) is 0 Å². The molecule has 112 valence electrons. The molecule has 6 nitrogen and oxygen atoms in total. The minimum atomic E-state index is -0.945. The minimum Gasteiger partial charge on any atom is -0.481 e. The molecule has 0 aromatic carbocycles. The molecule has 0 saturated carbocycles. The highest BCUT2D eigenvalue weighted by Gasteiger charge is 2.31. The van der Waals surface area contributed by atoms with Gasteiger partial charge in [0, 0.05) is 26.4 Å². The van der Waals surface area contributed by atoms with Gasteiger partial charge in [-0.1, -0.05) is 6.92 Å². The number of methoxy groups -OCH3 is 1. The normalized spacial score (nSPS) is 13.8. The first-order chi connectivity index (χ1) is 9.44. The van der Waals surface area contributed by atoms with Crippen LogP contribution in [0, 0.1) is 5.41 Å². The number of aliphatic carboxylic acids is 1. The van der Waals surface area contributed by atoms with Crippen molar-refractivity contribution in [3.8, 4) is 0 Å². The zero-order valence-corrected chi connectivity index (χ0v) is 12.2. The summed E-state index contributed by atoms with van der Waals surface area (Å²) < 4.78 is 6.76. The zero-order chi connectivity index (χ0) is 15.2. The maximum Gasteiger partial charge on any atom is 0.311 e. The van der Waals surface area contributed by atoms with Crippen LogP contribution in [-0.4, -0.2) is 41.8 Å². The lowest BCUT2D eigenvalue weighted by molar-refractivity contribution is -0.147. The Hall–Kier alpha value is -1.82. The molecule has 1 amide bonds. The zero-order valence-electron chi connectivity index (χ0n) is 12.2. The van der Waals surface area contributed by atoms with Crippen LogP contribution in [0.25, 0.3) is 0 Å². The molecule has 2 N–H and O–H groups in total. The highest BCUT2D eigenvalue weighted by Crippen LogP contribution is 2.20. The SMILES string of the molecule is CCC(C)(CNC(=O)c1cccn1CCOC)C(=O)O. The van der Waals surface area contributed by atoms with Crippen LogP contribution in [0.5, 0.6) is 0 Å². The monoisotopic (exact) mass is 282 g/mol. The lowest BCUT2D eigenvalue weighted by Crippen LogP contribution is -2.41. The predicted molar refractivity (Wildman–Crippen MR) is 74.7 cm³/mol. The minimum absolute atomic E-state index is 0.104. The number of carbonyl (C=O) groups excluding carboxylic acids is 1. The second-order valence-corrected chi connectivity index (χ2v) is 4.98. The lowest BCUT2D eigenvalue weighted by Gasteiger charge is -2.23. The number of hydrogen-bond acceptors (Lipinski definition) is 3. The van der Waals surface area contributed by atoms with Crippen molar-refractivity contribution in [2.75, 3.05) is 20.3 Å². The first-order valence-corrected chi connectivity index (χ1v) is 6.60. The van der Waals surface area contributed by atoms with Crippen LogP contribution in [0.15, 0.2) is 18.3 Å². The second-order valence-electron chi connectivity index (χ2n) is 4.98. The van der Waals surface area contributed by atoms with E-state index in [2.05, 4.69) is 5.32 Å². The maximum atomic E-state index is 12.1. The number of nitrogens with one attached hydrogen (secondary N) is 1. The third-order valence-electron chi connectivity index (χ3n) is 3.53. The van der Waals surface area contributed by atoms with E-state index in [9.17, 15) is 14.7 Å². The van der Waals surface area contributed by atoms with Crippen molar-refractivity contribution in [1.29, 1.82) is 0 Å². The van der Waals surface area contributed by atoms with Gasteiger partial charge in [0.15, 0.2) is 0 Å². The van der Waals surface area contributed by atoms with E-state index in [1.807, 2.05) is 0 Å². The van der Waals surface area contributed by atoms with Crippen LogP contribution in [0.3, 0.4) is 0 Å². The Bertz CT molecular complexity index is 469. The van der Waals surface area contributed by atoms with Gasteiger partial charge in [-0.3, -0.25) is 9.59 Å². The van der Waals surface area contributed by atoms with Crippen molar-refractivity contribution < 1.29 is 19.4 Å². The number of rotatable bonds is 8. The van der Waals surface area contributed by atoms with Crippen molar-refractivity contribution in [1.82, 2.24) is 9.88 Å². The van der Waals surface area contributed by atoms with Crippen LogP contribution < -0.4 is 5.32 Å². The first kappa shape index (κ1) is 16.2. The number of nitrogens with zero attached hydrogens (tertiary/aromatic N) is 1. The molecule has 0 saturated heterocycles. The molecule has 0 aliphatic heterocycles. The van der Waals surface area contributed by atoms with E-state index in [-0.39, 0.29) is 12.5 Å². The van der Waals surface area contributed by atoms with Crippen molar-refractivity contribution in [2.24, 2.45) is 5.41 Å². The Morgan fingerprint density at radius 2 is 2.20 bits per heavy atom. The fraction of sp³-hybridized carbons (Fsp3) is 0.571. The summed E-state index contributed by atoms with van der Waals surface area (Å²) in [7, 11) is 1.60. The summed E-state index contributed by atoms with van der Waals surface area (Å²) in [6.07, 6.45) is 2.25. The molecule has 0 fully saturated rings. The summed E-state index contributed by atoms with van der Waals surface area (Å²) >= 11 is 0. The molecule has 0 aliphatic carbocycles. The fourth-order valence-corrected chi connectivity index (χ4v) is 1.72. The Morgan fingerprint density at radius 3 is 2.75 bits per heavy atom. The largest absolute Gasteiger partial charge is 0.481 e. The van der Waals surface area contributed by atoms with Gasteiger partial charge in [-0.05, 0) is 25.5 Å². The molecule has 6 heteroatoms. The van der Waals surface area contributed by atoms with E-state index < -0.39 is 11.4 Å². The summed E-state index contributed by atoms with van der Waals surface area (Å²) in [4.78, 5) is 23.3. The van der Waals surface area contributed by atoms with Crippen molar-refractivity contribution in [3.05, 3.63) is 24.0 Å². The van der Waals surface area contributed by atoms with E-state index in [1.165, 1.54) is 0 Å². The number of aromatic nitrogens is 1. The standard InChI is InChI=1S/C14H22N2O4/c1-4-14(2,13(18)19)10-15-12(17)11-6-5-7-16(11)8-9-20-3/h5-7H,4,8-10H2,1-3H3,(H,15,17)(H,18,19). The molecule has 1 unspecified atom stereocenters. The number of amides is 1. The molecule has 1 aromatic heterocycles. The Kier molecular flexibility index (Phi) is 5.76. The molecule has 1 heterocycles. The molecule has 0 radical (unpaired) electrons. The van der Waals surface area contributed by atoms with Gasteiger partial charge in [-0.2, -0.15) is 0 Å². The van der Waals surface area contributed by atoms with Crippen LogP contribution >= 0.6 is 0 Å². The average Bonchev–Trinajstić information content (AvgIpc) is 2.90. The molecular formula is C14H22N2O4. The van der Waals surface area contributed by atoms with Gasteiger partial charge in [0.05, 0.1) is 12.0 Å². The second kappa shape index (κ2) is 7.09. The Morgan fingerprint density at radius 1 is 1.50 bits per heavy atom. The molecule has 1 atom stereocenters. The molecule has 1 aromatic rings. The predicted octanol–water partition coefficient (Wildman–Crippen LogP) is 1.37. The average molecular weight is 282 g/mol. The van der Waals surface area contributed by atoms with Crippen LogP contribution in [0.2, 0.25) is 0 Å². The van der Waals surface area contributed by atoms with Crippen LogP contribution in [-0.2, 0) is 16.1 Å². The van der Waals surface area contributed by atoms with Gasteiger partial charge in [-0.25, -0.2) is 0 Å². The summed E-state index contributed by atoms with van der Waals surface area (Å²) in [5.74, 6) is -1.18.